The van der Waals surface area contributed by atoms with Crippen LogP contribution in [0.5, 0.6) is 5.75 Å². The van der Waals surface area contributed by atoms with Gasteiger partial charge in [0.2, 0.25) is 0 Å². The van der Waals surface area contributed by atoms with Crippen LogP contribution in [-0.2, 0) is 0 Å². The minimum atomic E-state index is 0.0424. The van der Waals surface area contributed by atoms with E-state index in [2.05, 4.69) is 0 Å². The molecule has 0 N–H and O–H groups in total. The molecule has 3 aromatic carbocycles. The van der Waals surface area contributed by atoms with E-state index in [1.165, 1.54) is 0 Å². The standard InChI is InChI=1S/C16H12O2/c1-18-12-7-8-13-11(10-12)6-9-16(17)15-5-3-2-4-14(13)15/h2-10H,1H3. The highest BCUT2D eigenvalue weighted by Crippen LogP contribution is 2.25. The first kappa shape index (κ1) is 10.8. The Morgan fingerprint density at radius 2 is 1.61 bits per heavy atom. The van der Waals surface area contributed by atoms with Crippen LogP contribution in [0, 0.1) is 0 Å². The maximum atomic E-state index is 12.0. The van der Waals surface area contributed by atoms with Gasteiger partial charge in [0.05, 0.1) is 7.11 Å². The van der Waals surface area contributed by atoms with E-state index in [1.54, 1.807) is 13.2 Å². The minimum absolute atomic E-state index is 0.0424. The number of fused-ring (bicyclic) bond motifs is 3. The average molecular weight is 236 g/mol. The third-order valence-electron chi connectivity index (χ3n) is 3.16. The molecule has 0 saturated carbocycles. The predicted octanol–water partition coefficient (Wildman–Crippen LogP) is 3.36. The lowest BCUT2D eigenvalue weighted by molar-refractivity contribution is 0.415. The Kier molecular flexibility index (Phi) is 2.49. The maximum absolute atomic E-state index is 12.0. The van der Waals surface area contributed by atoms with Crippen molar-refractivity contribution in [1.29, 1.82) is 0 Å². The zero-order valence-electron chi connectivity index (χ0n) is 10.0. The molecule has 2 nitrogen and oxygen atoms in total. The summed E-state index contributed by atoms with van der Waals surface area (Å²) in [6, 6.07) is 17.0. The Hall–Kier alpha value is -2.35. The van der Waals surface area contributed by atoms with Crippen molar-refractivity contribution >= 4 is 21.5 Å². The number of hydrogen-bond acceptors (Lipinski definition) is 2. The zero-order valence-corrected chi connectivity index (χ0v) is 10.0. The monoisotopic (exact) mass is 236 g/mol. The van der Waals surface area contributed by atoms with Gasteiger partial charge in [-0.15, -0.1) is 0 Å². The molecule has 0 amide bonds. The fraction of sp³-hybridized carbons (Fsp3) is 0.0625. The van der Waals surface area contributed by atoms with Crippen molar-refractivity contribution in [2.45, 2.75) is 0 Å². The molecule has 0 aliphatic rings. The summed E-state index contributed by atoms with van der Waals surface area (Å²) in [5.41, 5.74) is 0.0424. The first-order valence-corrected chi connectivity index (χ1v) is 5.79. The molecule has 2 heteroatoms. The summed E-state index contributed by atoms with van der Waals surface area (Å²) in [6.07, 6.45) is 0. The van der Waals surface area contributed by atoms with Crippen LogP contribution in [-0.4, -0.2) is 7.11 Å². The number of methoxy groups -OCH3 is 1. The van der Waals surface area contributed by atoms with Crippen LogP contribution < -0.4 is 10.2 Å². The summed E-state index contributed by atoms with van der Waals surface area (Å²) >= 11 is 0. The highest BCUT2D eigenvalue weighted by Gasteiger charge is 2.02. The van der Waals surface area contributed by atoms with E-state index in [4.69, 9.17) is 4.74 Å². The lowest BCUT2D eigenvalue weighted by atomic mass is 10.1. The molecule has 0 bridgehead atoms. The van der Waals surface area contributed by atoms with Gasteiger partial charge >= 0.3 is 0 Å². The van der Waals surface area contributed by atoms with Crippen molar-refractivity contribution in [3.63, 3.8) is 0 Å². The summed E-state index contributed by atoms with van der Waals surface area (Å²) in [5, 5.41) is 3.80. The van der Waals surface area contributed by atoms with Crippen molar-refractivity contribution in [3.05, 3.63) is 64.8 Å². The molecule has 0 spiro atoms. The second kappa shape index (κ2) is 4.15. The molecule has 0 aliphatic heterocycles. The van der Waals surface area contributed by atoms with Gasteiger partial charge < -0.3 is 4.74 Å². The van der Waals surface area contributed by atoms with Crippen LogP contribution >= 0.6 is 0 Å². The lowest BCUT2D eigenvalue weighted by Gasteiger charge is -2.01. The first-order chi connectivity index (χ1) is 8.79. The Bertz CT molecular complexity index is 791. The van der Waals surface area contributed by atoms with E-state index in [-0.39, 0.29) is 5.43 Å². The Labute approximate surface area is 104 Å². The van der Waals surface area contributed by atoms with Gasteiger partial charge in [0, 0.05) is 5.39 Å². The summed E-state index contributed by atoms with van der Waals surface area (Å²) in [4.78, 5) is 12.0. The molecule has 0 saturated heterocycles. The van der Waals surface area contributed by atoms with Crippen LogP contribution in [0.4, 0.5) is 0 Å². The highest BCUT2D eigenvalue weighted by atomic mass is 16.5. The van der Waals surface area contributed by atoms with Gasteiger partial charge in [-0.2, -0.15) is 0 Å². The summed E-state index contributed by atoms with van der Waals surface area (Å²) < 4.78 is 5.22. The van der Waals surface area contributed by atoms with E-state index in [0.29, 0.717) is 0 Å². The molecule has 18 heavy (non-hydrogen) atoms. The quantitative estimate of drug-likeness (QED) is 0.647. The third kappa shape index (κ3) is 1.63. The Morgan fingerprint density at radius 3 is 2.39 bits per heavy atom. The molecule has 0 atom stereocenters. The summed E-state index contributed by atoms with van der Waals surface area (Å²) in [7, 11) is 1.64. The molecule has 0 heterocycles. The molecule has 0 aliphatic carbocycles. The second-order valence-corrected chi connectivity index (χ2v) is 4.20. The molecular weight excluding hydrogens is 224 g/mol. The molecule has 3 rings (SSSR count). The third-order valence-corrected chi connectivity index (χ3v) is 3.16. The maximum Gasteiger partial charge on any atom is 0.186 e. The van der Waals surface area contributed by atoms with Crippen molar-refractivity contribution < 1.29 is 4.74 Å². The highest BCUT2D eigenvalue weighted by molar-refractivity contribution is 6.06. The van der Waals surface area contributed by atoms with Gasteiger partial charge in [0.25, 0.3) is 0 Å². The molecule has 3 aromatic rings. The van der Waals surface area contributed by atoms with E-state index in [0.717, 1.165) is 27.3 Å². The largest absolute Gasteiger partial charge is 0.497 e. The SMILES string of the molecule is COc1ccc2c(ccc(=O)c3ccccc32)c1. The van der Waals surface area contributed by atoms with Crippen molar-refractivity contribution in [1.82, 2.24) is 0 Å². The van der Waals surface area contributed by atoms with E-state index >= 15 is 0 Å². The first-order valence-electron chi connectivity index (χ1n) is 5.79. The van der Waals surface area contributed by atoms with Crippen molar-refractivity contribution in [3.8, 4) is 5.75 Å². The van der Waals surface area contributed by atoms with Gasteiger partial charge in [0.15, 0.2) is 5.43 Å². The molecule has 0 radical (unpaired) electrons. The van der Waals surface area contributed by atoms with Crippen LogP contribution in [0.25, 0.3) is 21.5 Å². The van der Waals surface area contributed by atoms with Crippen molar-refractivity contribution in [2.75, 3.05) is 7.11 Å². The van der Waals surface area contributed by atoms with E-state index in [1.807, 2.05) is 48.5 Å². The Morgan fingerprint density at radius 1 is 0.833 bits per heavy atom. The van der Waals surface area contributed by atoms with Crippen LogP contribution in [0.1, 0.15) is 0 Å². The molecule has 0 unspecified atom stereocenters. The predicted molar refractivity (Wildman–Crippen MR) is 74.3 cm³/mol. The van der Waals surface area contributed by atoms with Gasteiger partial charge in [-0.3, -0.25) is 4.79 Å². The normalized spacial score (nSPS) is 10.7. The number of benzene rings is 2. The molecule has 0 fully saturated rings. The summed E-state index contributed by atoms with van der Waals surface area (Å²) in [6.45, 7) is 0. The van der Waals surface area contributed by atoms with E-state index < -0.39 is 0 Å². The fourth-order valence-electron chi connectivity index (χ4n) is 2.24. The average Bonchev–Trinajstić information content (AvgIpc) is 2.57. The van der Waals surface area contributed by atoms with Crippen LogP contribution in [0.15, 0.2) is 59.4 Å². The molecular formula is C16H12O2. The number of hydrogen-bond donors (Lipinski definition) is 0. The second-order valence-electron chi connectivity index (χ2n) is 4.20. The molecule has 0 aromatic heterocycles. The van der Waals surface area contributed by atoms with Crippen molar-refractivity contribution in [2.24, 2.45) is 0 Å². The van der Waals surface area contributed by atoms with Gasteiger partial charge in [0.1, 0.15) is 5.75 Å². The zero-order chi connectivity index (χ0) is 12.5. The van der Waals surface area contributed by atoms with Crippen LogP contribution in [0.2, 0.25) is 0 Å². The minimum Gasteiger partial charge on any atom is -0.497 e. The van der Waals surface area contributed by atoms with Gasteiger partial charge in [-0.05, 0) is 34.4 Å². The van der Waals surface area contributed by atoms with Gasteiger partial charge in [-0.1, -0.05) is 36.4 Å². The fourth-order valence-corrected chi connectivity index (χ4v) is 2.24. The smallest absolute Gasteiger partial charge is 0.186 e. The number of ether oxygens (including phenoxy) is 1. The van der Waals surface area contributed by atoms with Crippen LogP contribution in [0.3, 0.4) is 0 Å². The number of rotatable bonds is 1. The van der Waals surface area contributed by atoms with E-state index in [9.17, 15) is 4.79 Å². The molecule has 88 valence electrons. The lowest BCUT2D eigenvalue weighted by Crippen LogP contribution is -1.93. The topological polar surface area (TPSA) is 26.3 Å². The van der Waals surface area contributed by atoms with Gasteiger partial charge in [-0.25, -0.2) is 0 Å². The summed E-state index contributed by atoms with van der Waals surface area (Å²) in [5.74, 6) is 0.797. The Balaban J connectivity index is 2.57.